The predicted octanol–water partition coefficient (Wildman–Crippen LogP) is 3.27. The summed E-state index contributed by atoms with van der Waals surface area (Å²) < 4.78 is 13.6. The Labute approximate surface area is 212 Å². The molecule has 2 heterocycles. The summed E-state index contributed by atoms with van der Waals surface area (Å²) in [6.07, 6.45) is 0.557. The fourth-order valence-electron chi connectivity index (χ4n) is 4.15. The summed E-state index contributed by atoms with van der Waals surface area (Å²) in [7, 11) is 3.14. The third kappa shape index (κ3) is 5.21. The first kappa shape index (κ1) is 25.2. The van der Waals surface area contributed by atoms with Gasteiger partial charge in [-0.25, -0.2) is 9.36 Å². The molecule has 0 aliphatic heterocycles. The molecule has 0 unspecified atom stereocenters. The summed E-state index contributed by atoms with van der Waals surface area (Å²) in [5, 5.41) is 4.60. The van der Waals surface area contributed by atoms with Gasteiger partial charge in [-0.3, -0.25) is 14.2 Å². The van der Waals surface area contributed by atoms with Gasteiger partial charge in [0.2, 0.25) is 5.91 Å². The molecular formula is C27H29N3O5S. The van der Waals surface area contributed by atoms with E-state index in [4.69, 9.17) is 9.47 Å². The molecule has 2 aromatic carbocycles. The monoisotopic (exact) mass is 507 g/mol. The third-order valence-electron chi connectivity index (χ3n) is 6.16. The lowest BCUT2D eigenvalue weighted by Crippen LogP contribution is -2.44. The second-order valence-corrected chi connectivity index (χ2v) is 9.53. The van der Waals surface area contributed by atoms with Crippen LogP contribution in [0, 0.1) is 13.8 Å². The van der Waals surface area contributed by atoms with Gasteiger partial charge in [0.25, 0.3) is 5.56 Å². The molecule has 1 amide bonds. The molecule has 0 radical (unpaired) electrons. The minimum atomic E-state index is -0.498. The Bertz CT molecular complexity index is 1530. The second-order valence-electron chi connectivity index (χ2n) is 8.61. The van der Waals surface area contributed by atoms with Crippen LogP contribution in [0.15, 0.2) is 57.4 Å². The lowest BCUT2D eigenvalue weighted by Gasteiger charge is -2.14. The Hall–Kier alpha value is -3.85. The molecule has 9 heteroatoms. The van der Waals surface area contributed by atoms with Gasteiger partial charge in [0.15, 0.2) is 11.5 Å². The number of aromatic nitrogens is 2. The largest absolute Gasteiger partial charge is 0.493 e. The van der Waals surface area contributed by atoms with Crippen molar-refractivity contribution in [3.05, 3.63) is 90.9 Å². The topological polar surface area (TPSA) is 91.6 Å². The molecule has 1 N–H and O–H groups in total. The maximum Gasteiger partial charge on any atom is 0.332 e. The van der Waals surface area contributed by atoms with Crippen molar-refractivity contribution in [1.29, 1.82) is 0 Å². The van der Waals surface area contributed by atoms with Crippen LogP contribution >= 0.6 is 11.3 Å². The number of amides is 1. The first-order valence-corrected chi connectivity index (χ1v) is 12.4. The fourth-order valence-corrected chi connectivity index (χ4v) is 4.99. The van der Waals surface area contributed by atoms with E-state index >= 15 is 0 Å². The van der Waals surface area contributed by atoms with Crippen LogP contribution in [-0.2, 0) is 24.3 Å². The summed E-state index contributed by atoms with van der Waals surface area (Å²) in [6.45, 7) is 4.32. The number of aryl methyl sites for hydroxylation is 2. The maximum atomic E-state index is 13.4. The van der Waals surface area contributed by atoms with Gasteiger partial charge in [-0.1, -0.05) is 29.8 Å². The van der Waals surface area contributed by atoms with E-state index in [-0.39, 0.29) is 6.54 Å². The van der Waals surface area contributed by atoms with Crippen molar-refractivity contribution in [3.63, 3.8) is 0 Å². The van der Waals surface area contributed by atoms with Crippen LogP contribution in [0.4, 0.5) is 0 Å². The average molecular weight is 508 g/mol. The molecule has 0 saturated heterocycles. The van der Waals surface area contributed by atoms with Crippen LogP contribution in [0.25, 0.3) is 10.2 Å². The first-order chi connectivity index (χ1) is 17.3. The molecule has 4 aromatic rings. The van der Waals surface area contributed by atoms with Gasteiger partial charge in [0.1, 0.15) is 11.2 Å². The number of hydrogen-bond donors (Lipinski definition) is 1. The summed E-state index contributed by atoms with van der Waals surface area (Å²) in [6, 6.07) is 13.4. The van der Waals surface area contributed by atoms with Crippen LogP contribution in [0.5, 0.6) is 11.5 Å². The molecular weight excluding hydrogens is 478 g/mol. The van der Waals surface area contributed by atoms with Gasteiger partial charge in [0.05, 0.1) is 26.3 Å². The number of benzene rings is 2. The van der Waals surface area contributed by atoms with E-state index in [2.05, 4.69) is 5.32 Å². The van der Waals surface area contributed by atoms with Crippen molar-refractivity contribution in [3.8, 4) is 11.5 Å². The van der Waals surface area contributed by atoms with Gasteiger partial charge in [-0.05, 0) is 60.5 Å². The minimum Gasteiger partial charge on any atom is -0.493 e. The number of methoxy groups -OCH3 is 2. The van der Waals surface area contributed by atoms with Crippen molar-refractivity contribution in [2.24, 2.45) is 0 Å². The SMILES string of the molecule is COc1ccc(CCNC(=O)Cn2c(=O)c3sccc3n(Cc3cc(C)ccc3C)c2=O)cc1OC. The minimum absolute atomic E-state index is 0.320. The number of nitrogens with zero attached hydrogens (tertiary/aromatic N) is 2. The van der Waals surface area contributed by atoms with Gasteiger partial charge >= 0.3 is 5.69 Å². The molecule has 188 valence electrons. The van der Waals surface area contributed by atoms with Crippen LogP contribution in [0.2, 0.25) is 0 Å². The zero-order chi connectivity index (χ0) is 25.8. The number of ether oxygens (including phenoxy) is 2. The number of thiophene rings is 1. The lowest BCUT2D eigenvalue weighted by molar-refractivity contribution is -0.121. The number of hydrogen-bond acceptors (Lipinski definition) is 6. The number of nitrogens with one attached hydrogen (secondary N) is 1. The number of carbonyl (C=O) groups excluding carboxylic acids is 1. The number of carbonyl (C=O) groups is 1. The Balaban J connectivity index is 1.53. The molecule has 0 aliphatic carbocycles. The fraction of sp³-hybridized carbons (Fsp3) is 0.296. The Morgan fingerprint density at radius 1 is 0.972 bits per heavy atom. The van der Waals surface area contributed by atoms with Crippen LogP contribution in [0.3, 0.4) is 0 Å². The van der Waals surface area contributed by atoms with Gasteiger partial charge in [-0.15, -0.1) is 11.3 Å². The molecule has 8 nitrogen and oxygen atoms in total. The van der Waals surface area contributed by atoms with E-state index in [0.29, 0.717) is 41.2 Å². The zero-order valence-electron chi connectivity index (χ0n) is 20.8. The second kappa shape index (κ2) is 10.8. The van der Waals surface area contributed by atoms with Gasteiger partial charge < -0.3 is 14.8 Å². The molecule has 0 atom stereocenters. The Morgan fingerprint density at radius 2 is 1.75 bits per heavy atom. The van der Waals surface area contributed by atoms with Gasteiger partial charge in [-0.2, -0.15) is 0 Å². The van der Waals surface area contributed by atoms with Crippen LogP contribution in [-0.4, -0.2) is 35.8 Å². The highest BCUT2D eigenvalue weighted by Crippen LogP contribution is 2.27. The maximum absolute atomic E-state index is 13.4. The van der Waals surface area contributed by atoms with Crippen molar-refractivity contribution in [1.82, 2.24) is 14.5 Å². The van der Waals surface area contributed by atoms with Crippen LogP contribution in [0.1, 0.15) is 22.3 Å². The normalized spacial score (nSPS) is 11.0. The van der Waals surface area contributed by atoms with Crippen molar-refractivity contribution < 1.29 is 14.3 Å². The van der Waals surface area contributed by atoms with Crippen molar-refractivity contribution in [2.45, 2.75) is 33.4 Å². The summed E-state index contributed by atoms with van der Waals surface area (Å²) >= 11 is 1.27. The molecule has 0 bridgehead atoms. The Kier molecular flexibility index (Phi) is 7.59. The summed E-state index contributed by atoms with van der Waals surface area (Å²) in [5.41, 5.74) is 3.74. The van der Waals surface area contributed by atoms with Crippen LogP contribution < -0.4 is 26.0 Å². The van der Waals surface area contributed by atoms with E-state index in [1.165, 1.54) is 11.3 Å². The summed E-state index contributed by atoms with van der Waals surface area (Å²) in [4.78, 5) is 39.2. The van der Waals surface area contributed by atoms with E-state index in [9.17, 15) is 14.4 Å². The quantitative estimate of drug-likeness (QED) is 0.376. The number of rotatable bonds is 9. The third-order valence-corrected chi connectivity index (χ3v) is 7.05. The molecule has 36 heavy (non-hydrogen) atoms. The first-order valence-electron chi connectivity index (χ1n) is 11.6. The lowest BCUT2D eigenvalue weighted by atomic mass is 10.1. The van der Waals surface area contributed by atoms with Crippen molar-refractivity contribution >= 4 is 27.5 Å². The molecule has 0 fully saturated rings. The predicted molar refractivity (Wildman–Crippen MR) is 142 cm³/mol. The standard InChI is InChI=1S/C27H29N3O5S/c1-17-5-6-18(2)20(13-17)15-29-21-10-12-36-25(21)26(32)30(27(29)33)16-24(31)28-11-9-19-7-8-22(34-3)23(14-19)35-4/h5-8,10,12-14H,9,11,15-16H2,1-4H3,(H,28,31). The van der Waals surface area contributed by atoms with E-state index in [1.54, 1.807) is 30.2 Å². The van der Waals surface area contributed by atoms with Gasteiger partial charge in [0, 0.05) is 6.54 Å². The van der Waals surface area contributed by atoms with Crippen molar-refractivity contribution in [2.75, 3.05) is 20.8 Å². The molecule has 2 aromatic heterocycles. The highest BCUT2D eigenvalue weighted by Gasteiger charge is 2.17. The molecule has 4 rings (SSSR count). The summed E-state index contributed by atoms with van der Waals surface area (Å²) in [5.74, 6) is 0.844. The molecule has 0 spiro atoms. The average Bonchev–Trinajstić information content (AvgIpc) is 3.36. The smallest absolute Gasteiger partial charge is 0.332 e. The Morgan fingerprint density at radius 3 is 2.50 bits per heavy atom. The zero-order valence-corrected chi connectivity index (χ0v) is 21.6. The highest BCUT2D eigenvalue weighted by atomic mass is 32.1. The van der Waals surface area contributed by atoms with E-state index in [0.717, 1.165) is 26.8 Å². The highest BCUT2D eigenvalue weighted by molar-refractivity contribution is 7.17. The number of fused-ring (bicyclic) bond motifs is 1. The van der Waals surface area contributed by atoms with E-state index < -0.39 is 17.2 Å². The van der Waals surface area contributed by atoms with E-state index in [1.807, 2.05) is 50.2 Å². The molecule has 0 saturated carbocycles. The molecule has 0 aliphatic rings.